The van der Waals surface area contributed by atoms with E-state index in [-0.39, 0.29) is 11.4 Å². The van der Waals surface area contributed by atoms with E-state index in [9.17, 15) is 4.79 Å². The third kappa shape index (κ3) is 4.64. The van der Waals surface area contributed by atoms with Crippen LogP contribution < -0.4 is 5.32 Å². The van der Waals surface area contributed by atoms with Gasteiger partial charge < -0.3 is 5.32 Å². The van der Waals surface area contributed by atoms with Crippen LogP contribution in [0.4, 0.5) is 0 Å². The third-order valence-corrected chi connectivity index (χ3v) is 2.88. The SMILES string of the molecule is CC(C)(C)NC(=O)Cc1ccccc1I. The maximum Gasteiger partial charge on any atom is 0.224 e. The minimum Gasteiger partial charge on any atom is -0.351 e. The van der Waals surface area contributed by atoms with Crippen molar-refractivity contribution in [2.45, 2.75) is 32.7 Å². The number of hydrogen-bond donors (Lipinski definition) is 1. The first-order valence-corrected chi connectivity index (χ1v) is 6.01. The molecule has 0 heterocycles. The predicted molar refractivity (Wildman–Crippen MR) is 70.8 cm³/mol. The number of hydrogen-bond acceptors (Lipinski definition) is 1. The van der Waals surface area contributed by atoms with Gasteiger partial charge in [-0.15, -0.1) is 0 Å². The van der Waals surface area contributed by atoms with Crippen LogP contribution in [0.2, 0.25) is 0 Å². The number of amides is 1. The highest BCUT2D eigenvalue weighted by Crippen LogP contribution is 2.12. The molecule has 0 atom stereocenters. The Bertz CT molecular complexity index is 355. The Labute approximate surface area is 105 Å². The van der Waals surface area contributed by atoms with Crippen LogP contribution in [-0.2, 0) is 11.2 Å². The van der Waals surface area contributed by atoms with Gasteiger partial charge in [-0.25, -0.2) is 0 Å². The van der Waals surface area contributed by atoms with Gasteiger partial charge in [-0.2, -0.15) is 0 Å². The van der Waals surface area contributed by atoms with Crippen LogP contribution in [0.5, 0.6) is 0 Å². The number of carbonyl (C=O) groups excluding carboxylic acids is 1. The van der Waals surface area contributed by atoms with Crippen LogP contribution in [0.3, 0.4) is 0 Å². The van der Waals surface area contributed by atoms with Crippen LogP contribution in [-0.4, -0.2) is 11.4 Å². The van der Waals surface area contributed by atoms with Gasteiger partial charge in [0.05, 0.1) is 6.42 Å². The molecule has 0 fully saturated rings. The molecule has 0 bridgehead atoms. The van der Waals surface area contributed by atoms with Crippen molar-refractivity contribution < 1.29 is 4.79 Å². The number of halogens is 1. The minimum atomic E-state index is -0.155. The summed E-state index contributed by atoms with van der Waals surface area (Å²) in [6, 6.07) is 7.94. The zero-order valence-electron chi connectivity index (χ0n) is 9.30. The summed E-state index contributed by atoms with van der Waals surface area (Å²) in [5.41, 5.74) is 0.928. The molecule has 0 aliphatic carbocycles. The summed E-state index contributed by atoms with van der Waals surface area (Å²) < 4.78 is 1.14. The van der Waals surface area contributed by atoms with E-state index in [0.29, 0.717) is 6.42 Å². The Morgan fingerprint density at radius 2 is 1.93 bits per heavy atom. The molecule has 82 valence electrons. The molecule has 3 heteroatoms. The molecule has 1 aromatic rings. The molecule has 0 aromatic heterocycles. The predicted octanol–water partition coefficient (Wildman–Crippen LogP) is 2.75. The summed E-state index contributed by atoms with van der Waals surface area (Å²) in [5.74, 6) is 0.0756. The Hall–Kier alpha value is -0.580. The lowest BCUT2D eigenvalue weighted by molar-refractivity contribution is -0.121. The molecular weight excluding hydrogens is 301 g/mol. The average molecular weight is 317 g/mol. The van der Waals surface area contributed by atoms with Crippen LogP contribution in [0.1, 0.15) is 26.3 Å². The fourth-order valence-electron chi connectivity index (χ4n) is 1.28. The molecule has 0 saturated carbocycles. The Balaban J connectivity index is 2.64. The largest absolute Gasteiger partial charge is 0.351 e. The van der Waals surface area contributed by atoms with Crippen molar-refractivity contribution in [2.24, 2.45) is 0 Å². The standard InChI is InChI=1S/C12H16INO/c1-12(2,3)14-11(15)8-9-6-4-5-7-10(9)13/h4-7H,8H2,1-3H3,(H,14,15). The van der Waals surface area contributed by atoms with E-state index in [1.165, 1.54) is 0 Å². The normalized spacial score (nSPS) is 11.2. The molecule has 0 spiro atoms. The fraction of sp³-hybridized carbons (Fsp3) is 0.417. The first kappa shape index (κ1) is 12.5. The van der Waals surface area contributed by atoms with E-state index in [1.807, 2.05) is 45.0 Å². The van der Waals surface area contributed by atoms with Gasteiger partial charge in [0.2, 0.25) is 5.91 Å². The number of carbonyl (C=O) groups is 1. The second-order valence-electron chi connectivity index (χ2n) is 4.57. The van der Waals surface area contributed by atoms with Crippen LogP contribution in [0.25, 0.3) is 0 Å². The molecule has 1 amide bonds. The molecule has 0 aliphatic heterocycles. The van der Waals surface area contributed by atoms with Gasteiger partial charge in [-0.3, -0.25) is 4.79 Å². The van der Waals surface area contributed by atoms with Crippen LogP contribution in [0.15, 0.2) is 24.3 Å². The van der Waals surface area contributed by atoms with E-state index < -0.39 is 0 Å². The number of benzene rings is 1. The van der Waals surface area contributed by atoms with Crippen molar-refractivity contribution in [2.75, 3.05) is 0 Å². The fourth-order valence-corrected chi connectivity index (χ4v) is 1.86. The summed E-state index contributed by atoms with van der Waals surface area (Å²) in [5, 5.41) is 2.95. The van der Waals surface area contributed by atoms with Crippen molar-refractivity contribution in [1.82, 2.24) is 5.32 Å². The quantitative estimate of drug-likeness (QED) is 0.835. The lowest BCUT2D eigenvalue weighted by Gasteiger charge is -2.20. The molecule has 15 heavy (non-hydrogen) atoms. The Morgan fingerprint density at radius 1 is 1.33 bits per heavy atom. The zero-order valence-corrected chi connectivity index (χ0v) is 11.5. The summed E-state index contributed by atoms with van der Waals surface area (Å²) in [6.07, 6.45) is 0.455. The van der Waals surface area contributed by atoms with E-state index >= 15 is 0 Å². The summed E-state index contributed by atoms with van der Waals surface area (Å²) >= 11 is 2.25. The highest BCUT2D eigenvalue weighted by molar-refractivity contribution is 14.1. The average Bonchev–Trinajstić information content (AvgIpc) is 2.05. The van der Waals surface area contributed by atoms with Gasteiger partial charge in [0.1, 0.15) is 0 Å². The van der Waals surface area contributed by atoms with E-state index in [4.69, 9.17) is 0 Å². The highest BCUT2D eigenvalue weighted by atomic mass is 127. The molecular formula is C12H16INO. The van der Waals surface area contributed by atoms with Crippen molar-refractivity contribution in [1.29, 1.82) is 0 Å². The van der Waals surface area contributed by atoms with E-state index in [0.717, 1.165) is 9.13 Å². The highest BCUT2D eigenvalue weighted by Gasteiger charge is 2.14. The van der Waals surface area contributed by atoms with E-state index in [1.54, 1.807) is 0 Å². The maximum absolute atomic E-state index is 11.7. The molecule has 2 nitrogen and oxygen atoms in total. The summed E-state index contributed by atoms with van der Waals surface area (Å²) in [4.78, 5) is 11.7. The summed E-state index contributed by atoms with van der Waals surface area (Å²) in [6.45, 7) is 5.96. The van der Waals surface area contributed by atoms with Gasteiger partial charge in [0, 0.05) is 9.11 Å². The Morgan fingerprint density at radius 3 is 2.47 bits per heavy atom. The molecule has 0 unspecified atom stereocenters. The molecule has 1 N–H and O–H groups in total. The van der Waals surface area contributed by atoms with Gasteiger partial charge in [0.15, 0.2) is 0 Å². The number of nitrogens with one attached hydrogen (secondary N) is 1. The van der Waals surface area contributed by atoms with Crippen molar-refractivity contribution in [3.05, 3.63) is 33.4 Å². The first-order chi connectivity index (χ1) is 6.88. The van der Waals surface area contributed by atoms with Gasteiger partial charge in [-0.05, 0) is 55.0 Å². The van der Waals surface area contributed by atoms with Crippen LogP contribution >= 0.6 is 22.6 Å². The van der Waals surface area contributed by atoms with Crippen molar-refractivity contribution in [3.63, 3.8) is 0 Å². The van der Waals surface area contributed by atoms with Gasteiger partial charge in [0.25, 0.3) is 0 Å². The smallest absolute Gasteiger partial charge is 0.224 e. The topological polar surface area (TPSA) is 29.1 Å². The molecule has 0 saturated heterocycles. The summed E-state index contributed by atoms with van der Waals surface area (Å²) in [7, 11) is 0. The molecule has 1 rings (SSSR count). The monoisotopic (exact) mass is 317 g/mol. The van der Waals surface area contributed by atoms with Gasteiger partial charge in [-0.1, -0.05) is 18.2 Å². The second-order valence-corrected chi connectivity index (χ2v) is 5.73. The van der Waals surface area contributed by atoms with Crippen LogP contribution in [0, 0.1) is 3.57 Å². The number of rotatable bonds is 2. The van der Waals surface area contributed by atoms with Crippen molar-refractivity contribution >= 4 is 28.5 Å². The lowest BCUT2D eigenvalue weighted by atomic mass is 10.1. The second kappa shape index (κ2) is 4.96. The third-order valence-electron chi connectivity index (χ3n) is 1.82. The Kier molecular flexibility index (Phi) is 4.13. The van der Waals surface area contributed by atoms with Crippen molar-refractivity contribution in [3.8, 4) is 0 Å². The lowest BCUT2D eigenvalue weighted by Crippen LogP contribution is -2.41. The van der Waals surface area contributed by atoms with E-state index in [2.05, 4.69) is 27.9 Å². The van der Waals surface area contributed by atoms with Gasteiger partial charge >= 0.3 is 0 Å². The maximum atomic E-state index is 11.7. The molecule has 0 aliphatic rings. The zero-order chi connectivity index (χ0) is 11.5. The molecule has 1 aromatic carbocycles. The minimum absolute atomic E-state index is 0.0756. The molecule has 0 radical (unpaired) electrons. The first-order valence-electron chi connectivity index (χ1n) is 4.93.